The van der Waals surface area contributed by atoms with Gasteiger partial charge in [-0.2, -0.15) is 0 Å². The lowest BCUT2D eigenvalue weighted by atomic mass is 10.2. The highest BCUT2D eigenvalue weighted by molar-refractivity contribution is 5.92. The molecule has 0 aliphatic carbocycles. The molecular weight excluding hydrogens is 354 g/mol. The summed E-state index contributed by atoms with van der Waals surface area (Å²) in [6, 6.07) is 18.0. The number of rotatable bonds is 6. The maximum Gasteiger partial charge on any atom is 0.238 e. The molecule has 1 saturated heterocycles. The molecule has 0 radical (unpaired) electrons. The molecule has 1 N–H and O–H groups in total. The van der Waals surface area contributed by atoms with Gasteiger partial charge in [0.2, 0.25) is 5.91 Å². The summed E-state index contributed by atoms with van der Waals surface area (Å²) in [6.45, 7) is 5.13. The molecule has 144 valence electrons. The van der Waals surface area contributed by atoms with Gasteiger partial charge in [0.05, 0.1) is 12.2 Å². The van der Waals surface area contributed by atoms with Crippen LogP contribution in [0, 0.1) is 0 Å². The topological polar surface area (TPSA) is 79.2 Å². The van der Waals surface area contributed by atoms with Crippen molar-refractivity contribution in [2.24, 2.45) is 0 Å². The third kappa shape index (κ3) is 4.79. The van der Waals surface area contributed by atoms with Crippen LogP contribution in [0.1, 0.15) is 5.56 Å². The van der Waals surface area contributed by atoms with Gasteiger partial charge in [0.1, 0.15) is 6.33 Å². The van der Waals surface area contributed by atoms with Crippen molar-refractivity contribution in [1.82, 2.24) is 30.0 Å². The minimum absolute atomic E-state index is 0.00619. The first kappa shape index (κ1) is 18.3. The number of nitrogens with zero attached hydrogens (tertiary/aromatic N) is 6. The molecule has 2 aromatic carbocycles. The largest absolute Gasteiger partial charge is 0.325 e. The van der Waals surface area contributed by atoms with Gasteiger partial charge < -0.3 is 5.32 Å². The number of amides is 1. The molecule has 1 aliphatic rings. The molecule has 4 rings (SSSR count). The number of piperazine rings is 1. The highest BCUT2D eigenvalue weighted by atomic mass is 16.2. The van der Waals surface area contributed by atoms with Crippen LogP contribution in [-0.2, 0) is 11.3 Å². The molecule has 2 heterocycles. The van der Waals surface area contributed by atoms with Gasteiger partial charge in [-0.05, 0) is 40.3 Å². The summed E-state index contributed by atoms with van der Waals surface area (Å²) in [7, 11) is 0. The van der Waals surface area contributed by atoms with Crippen molar-refractivity contribution in [2.45, 2.75) is 6.54 Å². The SMILES string of the molecule is O=C(CN1CCN(Cc2ccccc2)CC1)Nc1ccc(-n2cnnn2)cc1. The second kappa shape index (κ2) is 8.73. The molecule has 1 amide bonds. The van der Waals surface area contributed by atoms with E-state index in [1.807, 2.05) is 30.3 Å². The number of aromatic nitrogens is 4. The molecule has 0 bridgehead atoms. The maximum atomic E-state index is 12.4. The first-order chi connectivity index (χ1) is 13.8. The molecular formula is C20H23N7O. The number of benzene rings is 2. The van der Waals surface area contributed by atoms with Crippen molar-refractivity contribution in [1.29, 1.82) is 0 Å². The summed E-state index contributed by atoms with van der Waals surface area (Å²) in [5.74, 6) is 0.00619. The van der Waals surface area contributed by atoms with Crippen molar-refractivity contribution in [3.63, 3.8) is 0 Å². The van der Waals surface area contributed by atoms with Crippen molar-refractivity contribution in [2.75, 3.05) is 38.0 Å². The Labute approximate surface area is 163 Å². The highest BCUT2D eigenvalue weighted by Gasteiger charge is 2.19. The van der Waals surface area contributed by atoms with Gasteiger partial charge in [0.25, 0.3) is 0 Å². The zero-order chi connectivity index (χ0) is 19.2. The van der Waals surface area contributed by atoms with Gasteiger partial charge in [0, 0.05) is 38.4 Å². The van der Waals surface area contributed by atoms with E-state index < -0.39 is 0 Å². The summed E-state index contributed by atoms with van der Waals surface area (Å²) in [5, 5.41) is 14.0. The highest BCUT2D eigenvalue weighted by Crippen LogP contribution is 2.13. The molecule has 1 aromatic heterocycles. The number of carbonyl (C=O) groups excluding carboxylic acids is 1. The fraction of sp³-hybridized carbons (Fsp3) is 0.300. The molecule has 0 saturated carbocycles. The number of nitrogens with one attached hydrogen (secondary N) is 1. The zero-order valence-electron chi connectivity index (χ0n) is 15.6. The van der Waals surface area contributed by atoms with E-state index in [1.165, 1.54) is 11.9 Å². The van der Waals surface area contributed by atoms with Gasteiger partial charge >= 0.3 is 0 Å². The van der Waals surface area contributed by atoms with Crippen molar-refractivity contribution >= 4 is 11.6 Å². The molecule has 0 atom stereocenters. The van der Waals surface area contributed by atoms with Gasteiger partial charge in [-0.25, -0.2) is 4.68 Å². The Balaban J connectivity index is 1.22. The second-order valence-corrected chi connectivity index (χ2v) is 6.89. The Morgan fingerprint density at radius 2 is 1.64 bits per heavy atom. The van der Waals surface area contributed by atoms with E-state index >= 15 is 0 Å². The normalized spacial score (nSPS) is 15.4. The van der Waals surface area contributed by atoms with Crippen molar-refractivity contribution in [3.8, 4) is 5.69 Å². The van der Waals surface area contributed by atoms with Crippen LogP contribution in [0.2, 0.25) is 0 Å². The van der Waals surface area contributed by atoms with Crippen LogP contribution < -0.4 is 5.32 Å². The van der Waals surface area contributed by atoms with Gasteiger partial charge in [-0.15, -0.1) is 5.10 Å². The Bertz CT molecular complexity index is 873. The Kier molecular flexibility index (Phi) is 5.69. The van der Waals surface area contributed by atoms with E-state index in [4.69, 9.17) is 0 Å². The number of tetrazole rings is 1. The standard InChI is InChI=1S/C20H23N7O/c28-20(22-18-6-8-19(9-7-18)27-16-21-23-24-27)15-26-12-10-25(11-13-26)14-17-4-2-1-3-5-17/h1-9,16H,10-15H2,(H,22,28). The van der Waals surface area contributed by atoms with Crippen molar-refractivity contribution < 1.29 is 4.79 Å². The van der Waals surface area contributed by atoms with Crippen LogP contribution in [0.25, 0.3) is 5.69 Å². The summed E-state index contributed by atoms with van der Waals surface area (Å²) in [4.78, 5) is 17.0. The van der Waals surface area contributed by atoms with Crippen LogP contribution in [0.15, 0.2) is 60.9 Å². The van der Waals surface area contributed by atoms with E-state index in [-0.39, 0.29) is 5.91 Å². The van der Waals surface area contributed by atoms with E-state index in [0.717, 1.165) is 44.1 Å². The third-order valence-corrected chi connectivity index (χ3v) is 4.85. The molecule has 1 aliphatic heterocycles. The molecule has 28 heavy (non-hydrogen) atoms. The van der Waals surface area contributed by atoms with Crippen LogP contribution in [0.4, 0.5) is 5.69 Å². The number of anilines is 1. The van der Waals surface area contributed by atoms with E-state index in [0.29, 0.717) is 6.54 Å². The number of carbonyl (C=O) groups is 1. The molecule has 8 heteroatoms. The fourth-order valence-electron chi connectivity index (χ4n) is 3.33. The smallest absolute Gasteiger partial charge is 0.238 e. The minimum atomic E-state index is 0.00619. The zero-order valence-corrected chi connectivity index (χ0v) is 15.6. The van der Waals surface area contributed by atoms with Gasteiger partial charge in [-0.3, -0.25) is 14.6 Å². The summed E-state index contributed by atoms with van der Waals surface area (Å²) in [5.41, 5.74) is 2.95. The molecule has 1 fully saturated rings. The Morgan fingerprint density at radius 1 is 0.929 bits per heavy atom. The summed E-state index contributed by atoms with van der Waals surface area (Å²) >= 11 is 0. The molecule has 0 unspecified atom stereocenters. The van der Waals surface area contributed by atoms with Crippen molar-refractivity contribution in [3.05, 3.63) is 66.5 Å². The van der Waals surface area contributed by atoms with Crippen LogP contribution >= 0.6 is 0 Å². The third-order valence-electron chi connectivity index (χ3n) is 4.85. The lowest BCUT2D eigenvalue weighted by molar-refractivity contribution is -0.117. The fourth-order valence-corrected chi connectivity index (χ4v) is 3.33. The molecule has 8 nitrogen and oxygen atoms in total. The quantitative estimate of drug-likeness (QED) is 0.700. The van der Waals surface area contributed by atoms with E-state index in [2.05, 4.69) is 54.9 Å². The summed E-state index contributed by atoms with van der Waals surface area (Å²) in [6.07, 6.45) is 1.53. The lowest BCUT2D eigenvalue weighted by Crippen LogP contribution is -2.48. The van der Waals surface area contributed by atoms with E-state index in [1.54, 1.807) is 4.68 Å². The Morgan fingerprint density at radius 3 is 2.32 bits per heavy atom. The average molecular weight is 377 g/mol. The minimum Gasteiger partial charge on any atom is -0.325 e. The summed E-state index contributed by atoms with van der Waals surface area (Å²) < 4.78 is 1.57. The second-order valence-electron chi connectivity index (χ2n) is 6.89. The van der Waals surface area contributed by atoms with E-state index in [9.17, 15) is 4.79 Å². The van der Waals surface area contributed by atoms with Gasteiger partial charge in [-0.1, -0.05) is 30.3 Å². The number of hydrogen-bond acceptors (Lipinski definition) is 6. The first-order valence-electron chi connectivity index (χ1n) is 9.38. The van der Waals surface area contributed by atoms with Crippen LogP contribution in [0.3, 0.4) is 0 Å². The average Bonchev–Trinajstić information content (AvgIpc) is 3.26. The number of hydrogen-bond donors (Lipinski definition) is 1. The molecule has 0 spiro atoms. The maximum absolute atomic E-state index is 12.4. The van der Waals surface area contributed by atoms with Gasteiger partial charge in [0.15, 0.2) is 0 Å². The molecule has 3 aromatic rings. The first-order valence-corrected chi connectivity index (χ1v) is 9.38. The van der Waals surface area contributed by atoms with Crippen LogP contribution in [0.5, 0.6) is 0 Å². The monoisotopic (exact) mass is 377 g/mol. The lowest BCUT2D eigenvalue weighted by Gasteiger charge is -2.34. The van der Waals surface area contributed by atoms with Crippen LogP contribution in [-0.4, -0.2) is 68.6 Å². The predicted molar refractivity (Wildman–Crippen MR) is 106 cm³/mol. The Hall–Kier alpha value is -3.10. The predicted octanol–water partition coefficient (Wildman–Crippen LogP) is 1.42.